The first-order chi connectivity index (χ1) is 12.1. The van der Waals surface area contributed by atoms with Crippen molar-refractivity contribution in [1.82, 2.24) is 24.9 Å². The number of halogens is 1. The van der Waals surface area contributed by atoms with Gasteiger partial charge < -0.3 is 4.84 Å². The number of hydrogen-bond acceptors (Lipinski definition) is 5. The highest BCUT2D eigenvalue weighted by Gasteiger charge is 2.19. The third-order valence-electron chi connectivity index (χ3n) is 3.79. The minimum atomic E-state index is -0.610. The van der Waals surface area contributed by atoms with E-state index in [1.165, 1.54) is 23.0 Å². The van der Waals surface area contributed by atoms with Gasteiger partial charge in [0.15, 0.2) is 0 Å². The van der Waals surface area contributed by atoms with E-state index in [9.17, 15) is 9.18 Å². The molecule has 0 amide bonds. The van der Waals surface area contributed by atoms with Gasteiger partial charge in [0.2, 0.25) is 0 Å². The summed E-state index contributed by atoms with van der Waals surface area (Å²) in [6.45, 7) is 1.73. The van der Waals surface area contributed by atoms with Gasteiger partial charge in [-0.05, 0) is 48.5 Å². The highest BCUT2D eigenvalue weighted by molar-refractivity contribution is 5.91. The Morgan fingerprint density at radius 1 is 1.12 bits per heavy atom. The Hall–Kier alpha value is -3.55. The number of hydrogen-bond donors (Lipinski definition) is 0. The summed E-state index contributed by atoms with van der Waals surface area (Å²) in [6, 6.07) is 13.0. The van der Waals surface area contributed by atoms with Crippen molar-refractivity contribution >= 4 is 17.0 Å². The highest BCUT2D eigenvalue weighted by Crippen LogP contribution is 2.16. The van der Waals surface area contributed by atoms with Gasteiger partial charge in [-0.25, -0.2) is 13.9 Å². The SMILES string of the molecule is Cc1c(C(=O)On2nnc3ccccc32)cnn1-c1ccc(F)cc1. The summed E-state index contributed by atoms with van der Waals surface area (Å²) in [6.07, 6.45) is 1.40. The lowest BCUT2D eigenvalue weighted by atomic mass is 10.2. The number of aromatic nitrogens is 5. The molecule has 0 bridgehead atoms. The fraction of sp³-hybridized carbons (Fsp3) is 0.0588. The molecule has 0 saturated heterocycles. The molecule has 0 aliphatic carbocycles. The summed E-state index contributed by atoms with van der Waals surface area (Å²) < 4.78 is 14.6. The number of rotatable bonds is 3. The Morgan fingerprint density at radius 3 is 2.68 bits per heavy atom. The maximum absolute atomic E-state index is 13.1. The van der Waals surface area contributed by atoms with Gasteiger partial charge in [0.05, 0.1) is 17.6 Å². The fourth-order valence-corrected chi connectivity index (χ4v) is 2.50. The van der Waals surface area contributed by atoms with Crippen LogP contribution in [0.5, 0.6) is 0 Å². The number of para-hydroxylation sites is 1. The average Bonchev–Trinajstić information content (AvgIpc) is 3.20. The fourth-order valence-electron chi connectivity index (χ4n) is 2.50. The third kappa shape index (κ3) is 2.63. The van der Waals surface area contributed by atoms with E-state index in [1.54, 1.807) is 37.3 Å². The van der Waals surface area contributed by atoms with Crippen molar-refractivity contribution in [2.45, 2.75) is 6.92 Å². The molecule has 0 aliphatic heterocycles. The molecule has 2 aromatic carbocycles. The second-order valence-corrected chi connectivity index (χ2v) is 5.36. The van der Waals surface area contributed by atoms with Gasteiger partial charge in [0.1, 0.15) is 22.4 Å². The van der Waals surface area contributed by atoms with E-state index in [1.807, 2.05) is 6.07 Å². The van der Waals surface area contributed by atoms with Crippen molar-refractivity contribution in [2.24, 2.45) is 0 Å². The lowest BCUT2D eigenvalue weighted by molar-refractivity contribution is 0.0408. The maximum Gasteiger partial charge on any atom is 0.369 e. The number of carbonyl (C=O) groups is 1. The summed E-state index contributed by atoms with van der Waals surface area (Å²) in [5.41, 5.74) is 2.70. The third-order valence-corrected chi connectivity index (χ3v) is 3.79. The Bertz CT molecular complexity index is 1070. The Kier molecular flexibility index (Phi) is 3.50. The number of benzene rings is 2. The lowest BCUT2D eigenvalue weighted by Gasteiger charge is -2.05. The molecule has 8 heteroatoms. The van der Waals surface area contributed by atoms with Crippen LogP contribution in [-0.2, 0) is 0 Å². The van der Waals surface area contributed by atoms with E-state index in [4.69, 9.17) is 4.84 Å². The van der Waals surface area contributed by atoms with Gasteiger partial charge in [0, 0.05) is 0 Å². The summed E-state index contributed by atoms with van der Waals surface area (Å²) in [4.78, 5) is 18.8. The highest BCUT2D eigenvalue weighted by atomic mass is 19.1. The number of carbonyl (C=O) groups excluding carboxylic acids is 1. The summed E-state index contributed by atoms with van der Waals surface area (Å²) >= 11 is 0. The van der Waals surface area contributed by atoms with E-state index >= 15 is 0 Å². The van der Waals surface area contributed by atoms with E-state index in [0.717, 1.165) is 4.85 Å². The molecule has 0 saturated carbocycles. The predicted octanol–water partition coefficient (Wildman–Crippen LogP) is 2.33. The Morgan fingerprint density at radius 2 is 1.88 bits per heavy atom. The molecular weight excluding hydrogens is 325 g/mol. The monoisotopic (exact) mass is 337 g/mol. The first-order valence-corrected chi connectivity index (χ1v) is 7.47. The minimum absolute atomic E-state index is 0.281. The summed E-state index contributed by atoms with van der Waals surface area (Å²) in [7, 11) is 0. The van der Waals surface area contributed by atoms with Gasteiger partial charge in [-0.2, -0.15) is 5.10 Å². The van der Waals surface area contributed by atoms with E-state index in [-0.39, 0.29) is 11.4 Å². The van der Waals surface area contributed by atoms with Crippen molar-refractivity contribution in [3.05, 3.63) is 71.8 Å². The van der Waals surface area contributed by atoms with Gasteiger partial charge in [-0.3, -0.25) is 0 Å². The number of nitrogens with zero attached hydrogens (tertiary/aromatic N) is 5. The van der Waals surface area contributed by atoms with Crippen molar-refractivity contribution in [2.75, 3.05) is 0 Å². The zero-order valence-electron chi connectivity index (χ0n) is 13.1. The van der Waals surface area contributed by atoms with Crippen LogP contribution in [0.25, 0.3) is 16.7 Å². The zero-order valence-corrected chi connectivity index (χ0v) is 13.1. The molecule has 2 aromatic heterocycles. The van der Waals surface area contributed by atoms with Crippen LogP contribution in [0.3, 0.4) is 0 Å². The van der Waals surface area contributed by atoms with E-state index < -0.39 is 5.97 Å². The van der Waals surface area contributed by atoms with Crippen molar-refractivity contribution in [1.29, 1.82) is 0 Å². The van der Waals surface area contributed by atoms with Crippen molar-refractivity contribution in [3.63, 3.8) is 0 Å². The first-order valence-electron chi connectivity index (χ1n) is 7.47. The molecule has 4 aromatic rings. The molecule has 7 nitrogen and oxygen atoms in total. The standard InChI is InChI=1S/C17H12FN5O2/c1-11-14(10-19-22(11)13-8-6-12(18)7-9-13)17(24)25-23-16-5-3-2-4-15(16)20-21-23/h2-10H,1H3. The summed E-state index contributed by atoms with van der Waals surface area (Å²) in [5.74, 6) is -0.951. The zero-order chi connectivity index (χ0) is 17.4. The van der Waals surface area contributed by atoms with Gasteiger partial charge >= 0.3 is 5.97 Å². The van der Waals surface area contributed by atoms with Crippen LogP contribution in [0.2, 0.25) is 0 Å². The van der Waals surface area contributed by atoms with Crippen molar-refractivity contribution < 1.29 is 14.0 Å². The van der Waals surface area contributed by atoms with Crippen LogP contribution < -0.4 is 4.84 Å². The molecular formula is C17H12FN5O2. The first kappa shape index (κ1) is 15.0. The number of fused-ring (bicyclic) bond motifs is 1. The molecule has 0 atom stereocenters. The molecule has 4 rings (SSSR count). The molecule has 0 aliphatic rings. The largest absolute Gasteiger partial charge is 0.369 e. The Labute approximate surface area is 141 Å². The predicted molar refractivity (Wildman–Crippen MR) is 86.7 cm³/mol. The van der Waals surface area contributed by atoms with Crippen LogP contribution in [0.4, 0.5) is 4.39 Å². The van der Waals surface area contributed by atoms with Crippen LogP contribution >= 0.6 is 0 Å². The molecule has 0 spiro atoms. The minimum Gasteiger partial charge on any atom is -0.312 e. The molecule has 124 valence electrons. The normalized spacial score (nSPS) is 11.0. The van der Waals surface area contributed by atoms with Crippen LogP contribution in [0, 0.1) is 12.7 Å². The molecule has 0 radical (unpaired) electrons. The molecule has 0 N–H and O–H groups in total. The smallest absolute Gasteiger partial charge is 0.312 e. The van der Waals surface area contributed by atoms with Crippen LogP contribution in [0.1, 0.15) is 16.1 Å². The Balaban J connectivity index is 1.64. The van der Waals surface area contributed by atoms with Gasteiger partial charge in [0.25, 0.3) is 0 Å². The topological polar surface area (TPSA) is 74.8 Å². The van der Waals surface area contributed by atoms with E-state index in [2.05, 4.69) is 15.4 Å². The molecule has 0 fully saturated rings. The van der Waals surface area contributed by atoms with Gasteiger partial charge in [-0.1, -0.05) is 17.0 Å². The second-order valence-electron chi connectivity index (χ2n) is 5.36. The molecule has 0 unspecified atom stereocenters. The summed E-state index contributed by atoms with van der Waals surface area (Å²) in [5, 5.41) is 11.9. The van der Waals surface area contributed by atoms with Crippen LogP contribution in [0.15, 0.2) is 54.7 Å². The average molecular weight is 337 g/mol. The quantitative estimate of drug-likeness (QED) is 0.536. The van der Waals surface area contributed by atoms with Gasteiger partial charge in [-0.15, -0.1) is 5.10 Å². The van der Waals surface area contributed by atoms with Crippen molar-refractivity contribution in [3.8, 4) is 5.69 Å². The maximum atomic E-state index is 13.1. The molecule has 25 heavy (non-hydrogen) atoms. The molecule has 2 heterocycles. The van der Waals surface area contributed by atoms with E-state index in [0.29, 0.717) is 22.4 Å². The lowest BCUT2D eigenvalue weighted by Crippen LogP contribution is -2.21. The van der Waals surface area contributed by atoms with Crippen LogP contribution in [-0.4, -0.2) is 30.9 Å². The second kappa shape index (κ2) is 5.82.